The first-order valence-electron chi connectivity index (χ1n) is 5.18. The lowest BCUT2D eigenvalue weighted by atomic mass is 10.1. The van der Waals surface area contributed by atoms with Crippen molar-refractivity contribution in [3.05, 3.63) is 28.8 Å². The summed E-state index contributed by atoms with van der Waals surface area (Å²) in [7, 11) is 0. The fourth-order valence-corrected chi connectivity index (χ4v) is 1.71. The van der Waals surface area contributed by atoms with Gasteiger partial charge in [0, 0.05) is 0 Å². The number of hydrogen-bond acceptors (Lipinski definition) is 2. The van der Waals surface area contributed by atoms with E-state index in [-0.39, 0.29) is 11.1 Å². The van der Waals surface area contributed by atoms with E-state index in [1.54, 1.807) is 6.07 Å². The largest absolute Gasteiger partial charge is 0.490 e. The molecule has 16 heavy (non-hydrogen) atoms. The van der Waals surface area contributed by atoms with E-state index >= 15 is 0 Å². The average molecular weight is 258 g/mol. The fourth-order valence-electron chi connectivity index (χ4n) is 1.18. The van der Waals surface area contributed by atoms with Gasteiger partial charge in [-0.15, -0.1) is 0 Å². The van der Waals surface area contributed by atoms with Crippen molar-refractivity contribution in [1.29, 1.82) is 0 Å². The maximum atomic E-state index is 6.04. The summed E-state index contributed by atoms with van der Waals surface area (Å²) < 4.78 is 5.80. The molecule has 0 aliphatic rings. The Hall–Kier alpha value is -0.800. The van der Waals surface area contributed by atoms with Gasteiger partial charge in [0.2, 0.25) is 0 Å². The van der Waals surface area contributed by atoms with E-state index in [1.807, 2.05) is 19.1 Å². The molecule has 0 bridgehead atoms. The van der Waals surface area contributed by atoms with Crippen LogP contribution in [0.25, 0.3) is 0 Å². The van der Waals surface area contributed by atoms with E-state index in [1.165, 1.54) is 0 Å². The number of rotatable bonds is 4. The Labute approximate surface area is 107 Å². The predicted octanol–water partition coefficient (Wildman–Crippen LogP) is 3.40. The first kappa shape index (κ1) is 13.3. The molecule has 0 saturated carbocycles. The van der Waals surface area contributed by atoms with E-state index < -0.39 is 0 Å². The third-order valence-electron chi connectivity index (χ3n) is 2.47. The van der Waals surface area contributed by atoms with Gasteiger partial charge in [-0.3, -0.25) is 0 Å². The molecule has 1 rings (SSSR count). The van der Waals surface area contributed by atoms with Crippen molar-refractivity contribution in [2.75, 3.05) is 0 Å². The van der Waals surface area contributed by atoms with Gasteiger partial charge in [0.15, 0.2) is 0 Å². The van der Waals surface area contributed by atoms with Gasteiger partial charge in [0.1, 0.15) is 10.7 Å². The van der Waals surface area contributed by atoms with Gasteiger partial charge in [0.25, 0.3) is 0 Å². The molecule has 0 radical (unpaired) electrons. The molecule has 0 amide bonds. The van der Waals surface area contributed by atoms with Gasteiger partial charge < -0.3 is 10.5 Å². The number of halogens is 1. The Bertz CT molecular complexity index is 393. The molecule has 0 aliphatic heterocycles. The first-order valence-corrected chi connectivity index (χ1v) is 5.97. The van der Waals surface area contributed by atoms with Gasteiger partial charge >= 0.3 is 0 Å². The predicted molar refractivity (Wildman–Crippen MR) is 72.3 cm³/mol. The van der Waals surface area contributed by atoms with Crippen LogP contribution in [-0.4, -0.2) is 11.1 Å². The van der Waals surface area contributed by atoms with Crippen LogP contribution in [0.15, 0.2) is 18.2 Å². The summed E-state index contributed by atoms with van der Waals surface area (Å²) in [4.78, 5) is 0.261. The lowest BCUT2D eigenvalue weighted by Crippen LogP contribution is -2.21. The highest BCUT2D eigenvalue weighted by atomic mass is 35.5. The van der Waals surface area contributed by atoms with Crippen LogP contribution >= 0.6 is 23.8 Å². The maximum absolute atomic E-state index is 6.04. The summed E-state index contributed by atoms with van der Waals surface area (Å²) in [5.74, 6) is 1.07. The number of nitrogens with two attached hydrogens (primary N) is 1. The van der Waals surface area contributed by atoms with E-state index in [4.69, 9.17) is 34.3 Å². The van der Waals surface area contributed by atoms with Crippen molar-refractivity contribution < 1.29 is 4.74 Å². The van der Waals surface area contributed by atoms with E-state index in [0.29, 0.717) is 22.3 Å². The fraction of sp³-hybridized carbons (Fsp3) is 0.417. The minimum Gasteiger partial charge on any atom is -0.490 e. The summed E-state index contributed by atoms with van der Waals surface area (Å²) in [6.07, 6.45) is 0.0894. The molecule has 88 valence electrons. The van der Waals surface area contributed by atoms with E-state index in [0.717, 1.165) is 0 Å². The summed E-state index contributed by atoms with van der Waals surface area (Å²) in [6, 6.07) is 5.41. The molecule has 2 N–H and O–H groups in total. The summed E-state index contributed by atoms with van der Waals surface area (Å²) in [6.45, 7) is 6.19. The number of thiocarbonyl (C=S) groups is 1. The van der Waals surface area contributed by atoms with Crippen molar-refractivity contribution in [3.63, 3.8) is 0 Å². The lowest BCUT2D eigenvalue weighted by molar-refractivity contribution is 0.170. The van der Waals surface area contributed by atoms with Crippen LogP contribution in [0, 0.1) is 5.92 Å². The normalized spacial score (nSPS) is 12.6. The monoisotopic (exact) mass is 257 g/mol. The van der Waals surface area contributed by atoms with Crippen LogP contribution in [0.5, 0.6) is 5.75 Å². The molecule has 0 fully saturated rings. The van der Waals surface area contributed by atoms with E-state index in [2.05, 4.69) is 13.8 Å². The molecule has 4 heteroatoms. The summed E-state index contributed by atoms with van der Waals surface area (Å²) in [5.41, 5.74) is 6.25. The van der Waals surface area contributed by atoms with Crippen molar-refractivity contribution in [3.8, 4) is 5.75 Å². The number of ether oxygens (including phenoxy) is 1. The molecule has 1 aromatic carbocycles. The second-order valence-electron chi connectivity index (χ2n) is 4.04. The van der Waals surface area contributed by atoms with Crippen LogP contribution in [-0.2, 0) is 0 Å². The molecule has 1 unspecified atom stereocenters. The van der Waals surface area contributed by atoms with Crippen LogP contribution in [0.4, 0.5) is 0 Å². The van der Waals surface area contributed by atoms with Gasteiger partial charge in [-0.05, 0) is 25.0 Å². The minimum absolute atomic E-state index is 0.0894. The Morgan fingerprint density at radius 1 is 1.38 bits per heavy atom. The summed E-state index contributed by atoms with van der Waals surface area (Å²) >= 11 is 11.0. The van der Waals surface area contributed by atoms with Crippen LogP contribution < -0.4 is 10.5 Å². The zero-order chi connectivity index (χ0) is 12.3. The van der Waals surface area contributed by atoms with Crippen LogP contribution in [0.2, 0.25) is 5.02 Å². The van der Waals surface area contributed by atoms with Crippen molar-refractivity contribution in [1.82, 2.24) is 0 Å². The molecular weight excluding hydrogens is 242 g/mol. The first-order chi connectivity index (χ1) is 7.43. The quantitative estimate of drug-likeness (QED) is 0.840. The lowest BCUT2D eigenvalue weighted by Gasteiger charge is -2.20. The van der Waals surface area contributed by atoms with Gasteiger partial charge in [-0.1, -0.05) is 43.7 Å². The Morgan fingerprint density at radius 2 is 2.00 bits per heavy atom. The molecule has 0 aromatic heterocycles. The molecule has 0 aliphatic carbocycles. The maximum Gasteiger partial charge on any atom is 0.131 e. The average Bonchev–Trinajstić information content (AvgIpc) is 2.16. The Morgan fingerprint density at radius 3 is 2.50 bits per heavy atom. The van der Waals surface area contributed by atoms with Crippen molar-refractivity contribution in [2.24, 2.45) is 11.7 Å². The van der Waals surface area contributed by atoms with Crippen LogP contribution in [0.3, 0.4) is 0 Å². The molecular formula is C12H16ClNOS. The van der Waals surface area contributed by atoms with E-state index in [9.17, 15) is 0 Å². The second-order valence-corrected chi connectivity index (χ2v) is 4.89. The highest BCUT2D eigenvalue weighted by molar-refractivity contribution is 7.80. The van der Waals surface area contributed by atoms with Gasteiger partial charge in [0.05, 0.1) is 16.7 Å². The Kier molecular flexibility index (Phi) is 4.56. The minimum atomic E-state index is 0.0894. The Balaban J connectivity index is 3.04. The second kappa shape index (κ2) is 5.51. The van der Waals surface area contributed by atoms with Crippen molar-refractivity contribution >= 4 is 28.8 Å². The molecule has 1 atom stereocenters. The smallest absolute Gasteiger partial charge is 0.131 e. The standard InChI is InChI=1S/C12H16ClNOS/c1-7(2)8(3)15-10-6-4-5-9(13)11(10)12(14)16/h4-8H,1-3H3,(H2,14,16). The van der Waals surface area contributed by atoms with Gasteiger partial charge in [-0.25, -0.2) is 0 Å². The summed E-state index contributed by atoms with van der Waals surface area (Å²) in [5, 5.41) is 0.529. The third-order valence-corrected chi connectivity index (χ3v) is 2.99. The topological polar surface area (TPSA) is 35.2 Å². The highest BCUT2D eigenvalue weighted by Crippen LogP contribution is 2.27. The zero-order valence-corrected chi connectivity index (χ0v) is 11.2. The van der Waals surface area contributed by atoms with Crippen molar-refractivity contribution in [2.45, 2.75) is 26.9 Å². The molecule has 2 nitrogen and oxygen atoms in total. The van der Waals surface area contributed by atoms with Gasteiger partial charge in [-0.2, -0.15) is 0 Å². The molecule has 1 aromatic rings. The molecule has 0 spiro atoms. The molecule has 0 saturated heterocycles. The van der Waals surface area contributed by atoms with Crippen LogP contribution in [0.1, 0.15) is 26.3 Å². The third kappa shape index (κ3) is 3.09. The zero-order valence-electron chi connectivity index (χ0n) is 9.66. The SMILES string of the molecule is CC(C)C(C)Oc1cccc(Cl)c1C(N)=S. The molecule has 0 heterocycles. The number of hydrogen-bond donors (Lipinski definition) is 1. The number of benzene rings is 1. The highest BCUT2D eigenvalue weighted by Gasteiger charge is 2.15.